The average molecular weight is 342 g/mol. The first kappa shape index (κ1) is 15.8. The van der Waals surface area contributed by atoms with Gasteiger partial charge < -0.3 is 4.90 Å². The Kier molecular flexibility index (Phi) is 4.01. The monoisotopic (exact) mass is 342 g/mol. The second kappa shape index (κ2) is 5.84. The van der Waals surface area contributed by atoms with E-state index in [9.17, 15) is 23.3 Å². The zero-order chi connectivity index (χ0) is 16.6. The molecule has 0 radical (unpaired) electrons. The maximum atomic E-state index is 12.8. The third-order valence-corrected chi connectivity index (χ3v) is 4.91. The van der Waals surface area contributed by atoms with Gasteiger partial charge in [0.2, 0.25) is 0 Å². The van der Waals surface area contributed by atoms with Crippen molar-refractivity contribution in [1.82, 2.24) is 0 Å². The van der Waals surface area contributed by atoms with Crippen molar-refractivity contribution in [1.29, 1.82) is 0 Å². The van der Waals surface area contributed by atoms with Crippen LogP contribution in [-0.2, 0) is 6.18 Å². The summed E-state index contributed by atoms with van der Waals surface area (Å²) in [4.78, 5) is 13.4. The van der Waals surface area contributed by atoms with Gasteiger partial charge in [-0.05, 0) is 36.4 Å². The van der Waals surface area contributed by atoms with Gasteiger partial charge in [-0.3, -0.25) is 10.1 Å². The highest BCUT2D eigenvalue weighted by Gasteiger charge is 2.36. The molecule has 2 heterocycles. The number of hydrogen-bond acceptors (Lipinski definition) is 4. The Balaban J connectivity index is 2.03. The maximum absolute atomic E-state index is 12.8. The first-order valence-electron chi connectivity index (χ1n) is 7.03. The number of halogens is 3. The third-order valence-electron chi connectivity index (χ3n) is 3.93. The van der Waals surface area contributed by atoms with E-state index in [1.807, 2.05) is 22.4 Å². The molecule has 1 atom stereocenters. The van der Waals surface area contributed by atoms with Gasteiger partial charge in [0.1, 0.15) is 5.69 Å². The lowest BCUT2D eigenvalue weighted by Crippen LogP contribution is -2.23. The molecule has 0 bridgehead atoms. The van der Waals surface area contributed by atoms with Crippen LogP contribution < -0.4 is 4.90 Å². The Morgan fingerprint density at radius 2 is 2.09 bits per heavy atom. The summed E-state index contributed by atoms with van der Waals surface area (Å²) in [7, 11) is 0. The Labute approximate surface area is 134 Å². The standard InChI is InChI=1S/C15H13F3N2O2S/c16-15(17,18)10-5-6-11(13(9-10)20(21)22)19-7-1-3-12(19)14-4-2-8-23-14/h2,4-6,8-9,12H,1,3,7H2/t12-/m1/s1. The van der Waals surface area contributed by atoms with Crippen molar-refractivity contribution in [3.8, 4) is 0 Å². The van der Waals surface area contributed by atoms with Crippen LogP contribution in [0.1, 0.15) is 29.3 Å². The van der Waals surface area contributed by atoms with Gasteiger partial charge in [0, 0.05) is 17.5 Å². The van der Waals surface area contributed by atoms with Crippen molar-refractivity contribution in [2.75, 3.05) is 11.4 Å². The zero-order valence-corrected chi connectivity index (χ0v) is 12.7. The molecule has 2 aromatic rings. The van der Waals surface area contributed by atoms with Gasteiger partial charge in [0.25, 0.3) is 5.69 Å². The summed E-state index contributed by atoms with van der Waals surface area (Å²) in [5, 5.41) is 13.2. The number of alkyl halides is 3. The van der Waals surface area contributed by atoms with Crippen LogP contribution in [-0.4, -0.2) is 11.5 Å². The highest BCUT2D eigenvalue weighted by atomic mass is 32.1. The molecule has 8 heteroatoms. The van der Waals surface area contributed by atoms with Crippen LogP contribution in [0.4, 0.5) is 24.5 Å². The van der Waals surface area contributed by atoms with Crippen LogP contribution in [0.3, 0.4) is 0 Å². The van der Waals surface area contributed by atoms with Gasteiger partial charge in [-0.25, -0.2) is 0 Å². The Morgan fingerprint density at radius 1 is 1.30 bits per heavy atom. The van der Waals surface area contributed by atoms with Crippen molar-refractivity contribution in [3.63, 3.8) is 0 Å². The third kappa shape index (κ3) is 3.03. The van der Waals surface area contributed by atoms with Crippen LogP contribution in [0.15, 0.2) is 35.7 Å². The summed E-state index contributed by atoms with van der Waals surface area (Å²) in [6.45, 7) is 0.592. The van der Waals surface area contributed by atoms with Gasteiger partial charge in [-0.15, -0.1) is 11.3 Å². The minimum absolute atomic E-state index is 0.0227. The van der Waals surface area contributed by atoms with Crippen LogP contribution in [0.5, 0.6) is 0 Å². The van der Waals surface area contributed by atoms with E-state index < -0.39 is 22.4 Å². The number of nitro benzene ring substituents is 1. The van der Waals surface area contributed by atoms with E-state index in [-0.39, 0.29) is 11.7 Å². The summed E-state index contributed by atoms with van der Waals surface area (Å²) < 4.78 is 38.4. The lowest BCUT2D eigenvalue weighted by Gasteiger charge is -2.26. The molecule has 1 saturated heterocycles. The molecule has 0 aliphatic carbocycles. The fourth-order valence-electron chi connectivity index (χ4n) is 2.92. The Hall–Kier alpha value is -2.09. The number of nitrogens with zero attached hydrogens (tertiary/aromatic N) is 2. The second-order valence-electron chi connectivity index (χ2n) is 5.33. The predicted molar refractivity (Wildman–Crippen MR) is 81.7 cm³/mol. The highest BCUT2D eigenvalue weighted by molar-refractivity contribution is 7.10. The normalized spacial score (nSPS) is 18.4. The second-order valence-corrected chi connectivity index (χ2v) is 6.30. The molecule has 0 amide bonds. The molecular weight excluding hydrogens is 329 g/mol. The Bertz CT molecular complexity index is 716. The number of hydrogen-bond donors (Lipinski definition) is 0. The van der Waals surface area contributed by atoms with E-state index in [4.69, 9.17) is 0 Å². The summed E-state index contributed by atoms with van der Waals surface area (Å²) in [5.74, 6) is 0. The van der Waals surface area contributed by atoms with Gasteiger partial charge in [0.05, 0.1) is 16.5 Å². The van der Waals surface area contributed by atoms with Crippen molar-refractivity contribution >= 4 is 22.7 Å². The van der Waals surface area contributed by atoms with E-state index in [1.54, 1.807) is 11.3 Å². The van der Waals surface area contributed by atoms with E-state index >= 15 is 0 Å². The molecule has 0 spiro atoms. The Morgan fingerprint density at radius 3 is 2.70 bits per heavy atom. The average Bonchev–Trinajstić information content (AvgIpc) is 3.16. The first-order chi connectivity index (χ1) is 10.9. The molecule has 23 heavy (non-hydrogen) atoms. The fourth-order valence-corrected chi connectivity index (χ4v) is 3.79. The van der Waals surface area contributed by atoms with Gasteiger partial charge in [-0.2, -0.15) is 13.2 Å². The molecule has 0 saturated carbocycles. The van der Waals surface area contributed by atoms with Crippen LogP contribution >= 0.6 is 11.3 Å². The first-order valence-corrected chi connectivity index (χ1v) is 7.91. The lowest BCUT2D eigenvalue weighted by atomic mass is 10.1. The van der Waals surface area contributed by atoms with E-state index in [0.29, 0.717) is 12.6 Å². The van der Waals surface area contributed by atoms with Gasteiger partial charge >= 0.3 is 6.18 Å². The molecule has 1 aromatic carbocycles. The van der Waals surface area contributed by atoms with Crippen LogP contribution in [0, 0.1) is 10.1 Å². The topological polar surface area (TPSA) is 46.4 Å². The molecule has 4 nitrogen and oxygen atoms in total. The van der Waals surface area contributed by atoms with Crippen molar-refractivity contribution in [2.45, 2.75) is 25.1 Å². The highest BCUT2D eigenvalue weighted by Crippen LogP contribution is 2.43. The largest absolute Gasteiger partial charge is 0.416 e. The fraction of sp³-hybridized carbons (Fsp3) is 0.333. The molecule has 122 valence electrons. The molecule has 3 rings (SSSR count). The van der Waals surface area contributed by atoms with Crippen molar-refractivity contribution in [3.05, 3.63) is 56.3 Å². The molecular formula is C15H13F3N2O2S. The van der Waals surface area contributed by atoms with Gasteiger partial charge in [-0.1, -0.05) is 6.07 Å². The lowest BCUT2D eigenvalue weighted by molar-refractivity contribution is -0.384. The minimum Gasteiger partial charge on any atom is -0.358 e. The number of benzene rings is 1. The SMILES string of the molecule is O=[N+]([O-])c1cc(C(F)(F)F)ccc1N1CCC[C@@H]1c1cccs1. The van der Waals surface area contributed by atoms with Crippen molar-refractivity contribution in [2.24, 2.45) is 0 Å². The summed E-state index contributed by atoms with van der Waals surface area (Å²) in [6.07, 6.45) is -2.92. The van der Waals surface area contributed by atoms with Crippen LogP contribution in [0.25, 0.3) is 0 Å². The van der Waals surface area contributed by atoms with E-state index in [2.05, 4.69) is 0 Å². The van der Waals surface area contributed by atoms with E-state index in [1.165, 1.54) is 6.07 Å². The van der Waals surface area contributed by atoms with Crippen LogP contribution in [0.2, 0.25) is 0 Å². The minimum atomic E-state index is -4.60. The molecule has 1 aliphatic heterocycles. The molecule has 0 N–H and O–H groups in total. The molecule has 1 aliphatic rings. The smallest absolute Gasteiger partial charge is 0.358 e. The number of nitro groups is 1. The quantitative estimate of drug-likeness (QED) is 0.581. The summed E-state index contributed by atoms with van der Waals surface area (Å²) in [6, 6.07) is 6.57. The molecule has 0 unspecified atom stereocenters. The van der Waals surface area contributed by atoms with Gasteiger partial charge in [0.15, 0.2) is 0 Å². The number of anilines is 1. The molecule has 1 aromatic heterocycles. The molecule has 1 fully saturated rings. The van der Waals surface area contributed by atoms with E-state index in [0.717, 1.165) is 23.8 Å². The number of rotatable bonds is 3. The summed E-state index contributed by atoms with van der Waals surface area (Å²) in [5.41, 5.74) is -1.25. The van der Waals surface area contributed by atoms with Crippen molar-refractivity contribution < 1.29 is 18.1 Å². The number of thiophene rings is 1. The summed E-state index contributed by atoms with van der Waals surface area (Å²) >= 11 is 1.55. The zero-order valence-electron chi connectivity index (χ0n) is 11.9. The maximum Gasteiger partial charge on any atom is 0.416 e. The predicted octanol–water partition coefficient (Wildman–Crippen LogP) is 5.02.